The van der Waals surface area contributed by atoms with Crippen molar-refractivity contribution in [1.29, 1.82) is 0 Å². The molecule has 1 atom stereocenters. The Morgan fingerprint density at radius 1 is 1.39 bits per heavy atom. The van der Waals surface area contributed by atoms with Gasteiger partial charge in [-0.05, 0) is 31.1 Å². The molecule has 1 aromatic carbocycles. The fraction of sp³-hybridized carbons (Fsp3) is 0.231. The van der Waals surface area contributed by atoms with Gasteiger partial charge in [-0.2, -0.15) is 0 Å². The summed E-state index contributed by atoms with van der Waals surface area (Å²) >= 11 is 6.77. The largest absolute Gasteiger partial charge is 0.360 e. The number of hydrogen-bond donors (Lipinski definition) is 2. The van der Waals surface area contributed by atoms with Crippen LogP contribution in [-0.2, 0) is 6.42 Å². The average molecular weight is 277 g/mol. The van der Waals surface area contributed by atoms with Gasteiger partial charge in [-0.3, -0.25) is 0 Å². The third-order valence-corrected chi connectivity index (χ3v) is 3.32. The zero-order chi connectivity index (χ0) is 12.8. The van der Waals surface area contributed by atoms with Crippen LogP contribution in [0.5, 0.6) is 0 Å². The van der Waals surface area contributed by atoms with Crippen LogP contribution >= 0.6 is 23.6 Å². The van der Waals surface area contributed by atoms with Gasteiger partial charge < -0.3 is 10.6 Å². The molecule has 94 valence electrons. The number of thiocarbonyl (C=S) groups is 1. The van der Waals surface area contributed by atoms with E-state index >= 15 is 0 Å². The van der Waals surface area contributed by atoms with Crippen molar-refractivity contribution in [3.8, 4) is 0 Å². The first-order valence-corrected chi connectivity index (χ1v) is 7.04. The van der Waals surface area contributed by atoms with Crippen LogP contribution in [-0.4, -0.2) is 16.1 Å². The Hall–Kier alpha value is -1.46. The van der Waals surface area contributed by atoms with Crippen LogP contribution in [0.25, 0.3) is 0 Å². The average Bonchev–Trinajstić information content (AvgIpc) is 2.82. The highest BCUT2D eigenvalue weighted by Crippen LogP contribution is 2.10. The van der Waals surface area contributed by atoms with E-state index in [2.05, 4.69) is 34.7 Å². The lowest BCUT2D eigenvalue weighted by Crippen LogP contribution is -2.37. The minimum absolute atomic E-state index is 0.285. The molecule has 0 saturated carbocycles. The fourth-order valence-corrected chi connectivity index (χ4v) is 2.56. The summed E-state index contributed by atoms with van der Waals surface area (Å²) < 4.78 is 0. The molecule has 2 N–H and O–H groups in total. The molecule has 2 rings (SSSR count). The number of aromatic nitrogens is 1. The molecule has 18 heavy (non-hydrogen) atoms. The maximum atomic E-state index is 5.24. The van der Waals surface area contributed by atoms with Gasteiger partial charge in [-0.15, -0.1) is 11.3 Å². The minimum atomic E-state index is 0.285. The number of anilines is 1. The summed E-state index contributed by atoms with van der Waals surface area (Å²) in [7, 11) is 0. The molecule has 0 bridgehead atoms. The summed E-state index contributed by atoms with van der Waals surface area (Å²) in [5.41, 5.74) is 1.30. The highest BCUT2D eigenvalue weighted by atomic mass is 32.1. The molecule has 0 radical (unpaired) electrons. The van der Waals surface area contributed by atoms with Gasteiger partial charge in [0.2, 0.25) is 0 Å². The lowest BCUT2D eigenvalue weighted by Gasteiger charge is -2.16. The summed E-state index contributed by atoms with van der Waals surface area (Å²) in [5.74, 6) is 0. The predicted octanol–water partition coefficient (Wildman–Crippen LogP) is 3.06. The molecule has 5 heteroatoms. The van der Waals surface area contributed by atoms with Gasteiger partial charge in [0, 0.05) is 17.6 Å². The van der Waals surface area contributed by atoms with Crippen LogP contribution < -0.4 is 10.6 Å². The van der Waals surface area contributed by atoms with Crippen LogP contribution in [0.4, 0.5) is 5.13 Å². The molecular formula is C13H15N3S2. The first-order valence-electron chi connectivity index (χ1n) is 5.75. The summed E-state index contributed by atoms with van der Waals surface area (Å²) in [6.45, 7) is 2.11. The second kappa shape index (κ2) is 6.47. The molecule has 0 fully saturated rings. The van der Waals surface area contributed by atoms with E-state index in [-0.39, 0.29) is 6.04 Å². The molecule has 0 aliphatic carbocycles. The number of benzene rings is 1. The summed E-state index contributed by atoms with van der Waals surface area (Å²) in [5, 5.41) is 9.67. The van der Waals surface area contributed by atoms with Crippen molar-refractivity contribution in [1.82, 2.24) is 10.3 Å². The molecule has 1 heterocycles. The number of nitrogens with one attached hydrogen (secondary N) is 2. The Labute approximate surface area is 116 Å². The van der Waals surface area contributed by atoms with Crippen molar-refractivity contribution < 1.29 is 0 Å². The highest BCUT2D eigenvalue weighted by Gasteiger charge is 2.06. The van der Waals surface area contributed by atoms with Gasteiger partial charge in [-0.25, -0.2) is 4.98 Å². The van der Waals surface area contributed by atoms with E-state index in [1.165, 1.54) is 16.9 Å². The SMILES string of the molecule is C[C@@H](Cc1ccccc1)NC(=S)Nc1nccs1. The smallest absolute Gasteiger partial charge is 0.188 e. The topological polar surface area (TPSA) is 37.0 Å². The normalized spacial score (nSPS) is 11.8. The molecule has 0 aliphatic rings. The molecule has 0 saturated heterocycles. The lowest BCUT2D eigenvalue weighted by atomic mass is 10.1. The van der Waals surface area contributed by atoms with E-state index < -0.39 is 0 Å². The van der Waals surface area contributed by atoms with Crippen molar-refractivity contribution >= 4 is 33.8 Å². The monoisotopic (exact) mass is 277 g/mol. The number of thiazole rings is 1. The van der Waals surface area contributed by atoms with Crippen LogP contribution in [0.15, 0.2) is 41.9 Å². The number of nitrogens with zero attached hydrogens (tertiary/aromatic N) is 1. The molecule has 0 aliphatic heterocycles. The van der Waals surface area contributed by atoms with Crippen molar-refractivity contribution in [3.05, 3.63) is 47.5 Å². The van der Waals surface area contributed by atoms with Crippen molar-refractivity contribution in [2.75, 3.05) is 5.32 Å². The maximum Gasteiger partial charge on any atom is 0.188 e. The summed E-state index contributed by atoms with van der Waals surface area (Å²) in [6, 6.07) is 10.6. The van der Waals surface area contributed by atoms with Gasteiger partial charge in [0.05, 0.1) is 0 Å². The molecule has 0 spiro atoms. The predicted molar refractivity (Wildman–Crippen MR) is 81.1 cm³/mol. The summed E-state index contributed by atoms with van der Waals surface area (Å²) in [4.78, 5) is 4.13. The lowest BCUT2D eigenvalue weighted by molar-refractivity contribution is 0.664. The highest BCUT2D eigenvalue weighted by molar-refractivity contribution is 7.80. The maximum absolute atomic E-state index is 5.24. The Kier molecular flexibility index (Phi) is 4.66. The molecule has 0 unspecified atom stereocenters. The van der Waals surface area contributed by atoms with Gasteiger partial charge in [-0.1, -0.05) is 30.3 Å². The Balaban J connectivity index is 1.80. The van der Waals surface area contributed by atoms with E-state index in [1.807, 2.05) is 23.6 Å². The van der Waals surface area contributed by atoms with Gasteiger partial charge in [0.25, 0.3) is 0 Å². The molecule has 3 nitrogen and oxygen atoms in total. The first-order chi connectivity index (χ1) is 8.74. The van der Waals surface area contributed by atoms with Gasteiger partial charge >= 0.3 is 0 Å². The first kappa shape index (κ1) is 13.0. The van der Waals surface area contributed by atoms with E-state index in [0.29, 0.717) is 5.11 Å². The third kappa shape index (κ3) is 4.09. The van der Waals surface area contributed by atoms with Crippen molar-refractivity contribution in [2.45, 2.75) is 19.4 Å². The zero-order valence-corrected chi connectivity index (χ0v) is 11.7. The van der Waals surface area contributed by atoms with Crippen LogP contribution in [0.1, 0.15) is 12.5 Å². The van der Waals surface area contributed by atoms with Crippen LogP contribution in [0.3, 0.4) is 0 Å². The van der Waals surface area contributed by atoms with Gasteiger partial charge in [0.1, 0.15) is 0 Å². The Morgan fingerprint density at radius 2 is 2.17 bits per heavy atom. The van der Waals surface area contributed by atoms with Gasteiger partial charge in [0.15, 0.2) is 10.2 Å². The van der Waals surface area contributed by atoms with E-state index in [9.17, 15) is 0 Å². The second-order valence-electron chi connectivity index (χ2n) is 4.03. The van der Waals surface area contributed by atoms with Crippen molar-refractivity contribution in [2.24, 2.45) is 0 Å². The minimum Gasteiger partial charge on any atom is -0.360 e. The second-order valence-corrected chi connectivity index (χ2v) is 5.33. The van der Waals surface area contributed by atoms with E-state index in [1.54, 1.807) is 6.20 Å². The quantitative estimate of drug-likeness (QED) is 0.842. The van der Waals surface area contributed by atoms with Crippen LogP contribution in [0.2, 0.25) is 0 Å². The third-order valence-electron chi connectivity index (χ3n) is 2.41. The Bertz CT molecular complexity index is 482. The van der Waals surface area contributed by atoms with Crippen LogP contribution in [0, 0.1) is 0 Å². The molecule has 0 amide bonds. The standard InChI is InChI=1S/C13H15N3S2/c1-10(9-11-5-3-2-4-6-11)15-12(17)16-13-14-7-8-18-13/h2-8,10H,9H2,1H3,(H2,14,15,16,17)/t10-/m0/s1. The number of hydrogen-bond acceptors (Lipinski definition) is 3. The van der Waals surface area contributed by atoms with E-state index in [0.717, 1.165) is 11.6 Å². The van der Waals surface area contributed by atoms with E-state index in [4.69, 9.17) is 12.2 Å². The summed E-state index contributed by atoms with van der Waals surface area (Å²) in [6.07, 6.45) is 2.70. The zero-order valence-electron chi connectivity index (χ0n) is 10.1. The van der Waals surface area contributed by atoms with Crippen molar-refractivity contribution in [3.63, 3.8) is 0 Å². The molecular weight excluding hydrogens is 262 g/mol. The Morgan fingerprint density at radius 3 is 2.83 bits per heavy atom. The molecule has 2 aromatic rings. The fourth-order valence-electron chi connectivity index (χ4n) is 1.66. The molecule has 1 aromatic heterocycles. The number of rotatable bonds is 4.